The highest BCUT2D eigenvalue weighted by molar-refractivity contribution is 5.85. The fourth-order valence-electron chi connectivity index (χ4n) is 2.97. The maximum absolute atomic E-state index is 11.9. The summed E-state index contributed by atoms with van der Waals surface area (Å²) in [5.41, 5.74) is -2.09. The van der Waals surface area contributed by atoms with Crippen LogP contribution in [0, 0.1) is 16.2 Å². The largest absolute Gasteiger partial charge is 0.481 e. The molecular formula is C15H28O5. The summed E-state index contributed by atoms with van der Waals surface area (Å²) < 4.78 is 5.05. The van der Waals surface area contributed by atoms with E-state index < -0.39 is 23.5 Å². The predicted octanol–water partition coefficient (Wildman–Crippen LogP) is 3.03. The second-order valence-electron chi connectivity index (χ2n) is 7.89. The van der Waals surface area contributed by atoms with Crippen molar-refractivity contribution in [2.45, 2.75) is 60.5 Å². The van der Waals surface area contributed by atoms with Crippen molar-refractivity contribution >= 4 is 11.9 Å². The Morgan fingerprint density at radius 2 is 1.30 bits per heavy atom. The van der Waals surface area contributed by atoms with Gasteiger partial charge in [-0.2, -0.15) is 0 Å². The molecule has 0 aromatic carbocycles. The standard InChI is InChI=1S/C15H28O5/c1-13(2,3)8-15(12(18)19,9-14(4,5)6)10(20-7)11(16)17/h10H,8-9H2,1-7H3,(H,16,17)(H,18,19). The highest BCUT2D eigenvalue weighted by Gasteiger charge is 2.53. The second kappa shape index (κ2) is 6.12. The summed E-state index contributed by atoms with van der Waals surface area (Å²) in [6.45, 7) is 11.4. The van der Waals surface area contributed by atoms with Crippen molar-refractivity contribution in [3.8, 4) is 0 Å². The van der Waals surface area contributed by atoms with Crippen LogP contribution >= 0.6 is 0 Å². The molecule has 5 nitrogen and oxygen atoms in total. The minimum absolute atomic E-state index is 0.234. The Hall–Kier alpha value is -1.10. The van der Waals surface area contributed by atoms with E-state index in [1.807, 2.05) is 41.5 Å². The van der Waals surface area contributed by atoms with Gasteiger partial charge in [-0.15, -0.1) is 0 Å². The number of ether oxygens (including phenoxy) is 1. The summed E-state index contributed by atoms with van der Waals surface area (Å²) in [4.78, 5) is 23.4. The molecule has 0 amide bonds. The van der Waals surface area contributed by atoms with E-state index in [-0.39, 0.29) is 23.7 Å². The van der Waals surface area contributed by atoms with Gasteiger partial charge in [0, 0.05) is 7.11 Å². The lowest BCUT2D eigenvalue weighted by molar-refractivity contribution is -0.179. The Labute approximate surface area is 121 Å². The van der Waals surface area contributed by atoms with Gasteiger partial charge in [-0.05, 0) is 23.7 Å². The molecule has 0 aromatic rings. The number of carbonyl (C=O) groups is 2. The van der Waals surface area contributed by atoms with Crippen LogP contribution in [-0.2, 0) is 14.3 Å². The molecule has 0 bridgehead atoms. The molecular weight excluding hydrogens is 260 g/mol. The van der Waals surface area contributed by atoms with Crippen molar-refractivity contribution in [3.05, 3.63) is 0 Å². The van der Waals surface area contributed by atoms with E-state index in [0.717, 1.165) is 0 Å². The summed E-state index contributed by atoms with van der Waals surface area (Å²) in [6, 6.07) is 0. The number of aliphatic carboxylic acids is 2. The number of rotatable bonds is 6. The van der Waals surface area contributed by atoms with Crippen molar-refractivity contribution in [2.75, 3.05) is 7.11 Å². The van der Waals surface area contributed by atoms with E-state index in [4.69, 9.17) is 4.74 Å². The third-order valence-electron chi connectivity index (χ3n) is 3.08. The molecule has 5 heteroatoms. The number of hydrogen-bond acceptors (Lipinski definition) is 3. The van der Waals surface area contributed by atoms with Gasteiger partial charge in [0.25, 0.3) is 0 Å². The molecule has 0 spiro atoms. The molecule has 0 rings (SSSR count). The molecule has 0 aromatic heterocycles. The van der Waals surface area contributed by atoms with Crippen LogP contribution in [0.15, 0.2) is 0 Å². The summed E-state index contributed by atoms with van der Waals surface area (Å²) in [5.74, 6) is -2.35. The topological polar surface area (TPSA) is 83.8 Å². The van der Waals surface area contributed by atoms with Gasteiger partial charge in [0.05, 0.1) is 0 Å². The average Bonchev–Trinajstić information content (AvgIpc) is 2.11. The fourth-order valence-corrected chi connectivity index (χ4v) is 2.97. The van der Waals surface area contributed by atoms with Gasteiger partial charge in [0.15, 0.2) is 6.10 Å². The van der Waals surface area contributed by atoms with Crippen LogP contribution in [0.3, 0.4) is 0 Å². The third-order valence-corrected chi connectivity index (χ3v) is 3.08. The van der Waals surface area contributed by atoms with Crippen LogP contribution in [0.1, 0.15) is 54.4 Å². The van der Waals surface area contributed by atoms with Crippen molar-refractivity contribution in [1.82, 2.24) is 0 Å². The zero-order chi connectivity index (χ0) is 16.4. The number of carboxylic acids is 2. The van der Waals surface area contributed by atoms with E-state index >= 15 is 0 Å². The van der Waals surface area contributed by atoms with Crippen molar-refractivity contribution in [3.63, 3.8) is 0 Å². The lowest BCUT2D eigenvalue weighted by Crippen LogP contribution is -2.51. The Balaban J connectivity index is 5.92. The normalized spacial score (nSPS) is 14.9. The van der Waals surface area contributed by atoms with Gasteiger partial charge in [-0.25, -0.2) is 4.79 Å². The SMILES string of the molecule is COC(C(=O)O)C(CC(C)(C)C)(CC(C)(C)C)C(=O)O. The Morgan fingerprint density at radius 3 is 1.45 bits per heavy atom. The Bertz CT molecular complexity index is 343. The van der Waals surface area contributed by atoms with Gasteiger partial charge < -0.3 is 14.9 Å². The summed E-state index contributed by atoms with van der Waals surface area (Å²) in [7, 11) is 1.25. The van der Waals surface area contributed by atoms with Crippen LogP contribution < -0.4 is 0 Å². The first-order valence-corrected chi connectivity index (χ1v) is 6.74. The number of methoxy groups -OCH3 is 1. The lowest BCUT2D eigenvalue weighted by Gasteiger charge is -2.42. The first-order chi connectivity index (χ1) is 8.75. The Morgan fingerprint density at radius 1 is 0.950 bits per heavy atom. The van der Waals surface area contributed by atoms with Crippen LogP contribution in [0.4, 0.5) is 0 Å². The van der Waals surface area contributed by atoms with E-state index in [1.165, 1.54) is 7.11 Å². The fraction of sp³-hybridized carbons (Fsp3) is 0.867. The zero-order valence-electron chi connectivity index (χ0n) is 13.6. The zero-order valence-corrected chi connectivity index (χ0v) is 13.6. The molecule has 0 aliphatic rings. The first-order valence-electron chi connectivity index (χ1n) is 6.74. The molecule has 0 saturated heterocycles. The summed E-state index contributed by atoms with van der Waals surface area (Å²) >= 11 is 0. The van der Waals surface area contributed by atoms with E-state index in [0.29, 0.717) is 0 Å². The van der Waals surface area contributed by atoms with E-state index in [9.17, 15) is 19.8 Å². The minimum Gasteiger partial charge on any atom is -0.481 e. The average molecular weight is 288 g/mol. The predicted molar refractivity (Wildman–Crippen MR) is 76.6 cm³/mol. The maximum atomic E-state index is 11.9. The molecule has 0 saturated carbocycles. The van der Waals surface area contributed by atoms with Crippen LogP contribution in [0.25, 0.3) is 0 Å². The van der Waals surface area contributed by atoms with Gasteiger partial charge in [0.1, 0.15) is 5.41 Å². The van der Waals surface area contributed by atoms with E-state index in [2.05, 4.69) is 0 Å². The van der Waals surface area contributed by atoms with Crippen LogP contribution in [0.2, 0.25) is 0 Å². The molecule has 0 aliphatic heterocycles. The first kappa shape index (κ1) is 18.9. The molecule has 0 heterocycles. The van der Waals surface area contributed by atoms with Gasteiger partial charge in [0.2, 0.25) is 0 Å². The minimum atomic E-state index is -1.45. The molecule has 118 valence electrons. The molecule has 20 heavy (non-hydrogen) atoms. The Kier molecular flexibility index (Phi) is 5.78. The van der Waals surface area contributed by atoms with Crippen molar-refractivity contribution in [1.29, 1.82) is 0 Å². The number of carboxylic acid groups (broad SMARTS) is 2. The molecule has 2 N–H and O–H groups in total. The molecule has 1 unspecified atom stereocenters. The van der Waals surface area contributed by atoms with E-state index in [1.54, 1.807) is 0 Å². The van der Waals surface area contributed by atoms with Crippen molar-refractivity contribution in [2.24, 2.45) is 16.2 Å². The highest BCUT2D eigenvalue weighted by Crippen LogP contribution is 2.46. The summed E-state index contributed by atoms with van der Waals surface area (Å²) in [5, 5.41) is 19.1. The highest BCUT2D eigenvalue weighted by atomic mass is 16.5. The summed E-state index contributed by atoms with van der Waals surface area (Å²) in [6.07, 6.45) is -0.895. The molecule has 0 aliphatic carbocycles. The molecule has 0 radical (unpaired) electrons. The molecule has 0 fully saturated rings. The smallest absolute Gasteiger partial charge is 0.334 e. The van der Waals surface area contributed by atoms with Crippen LogP contribution in [-0.4, -0.2) is 35.4 Å². The van der Waals surface area contributed by atoms with Gasteiger partial charge in [-0.1, -0.05) is 41.5 Å². The van der Waals surface area contributed by atoms with Crippen molar-refractivity contribution < 1.29 is 24.5 Å². The monoisotopic (exact) mass is 288 g/mol. The quantitative estimate of drug-likeness (QED) is 0.785. The number of hydrogen-bond donors (Lipinski definition) is 2. The van der Waals surface area contributed by atoms with Gasteiger partial charge in [-0.3, -0.25) is 4.79 Å². The van der Waals surface area contributed by atoms with Gasteiger partial charge >= 0.3 is 11.9 Å². The third kappa shape index (κ3) is 5.12. The maximum Gasteiger partial charge on any atom is 0.334 e. The second-order valence-corrected chi connectivity index (χ2v) is 7.89. The van der Waals surface area contributed by atoms with Crippen LogP contribution in [0.5, 0.6) is 0 Å². The molecule has 1 atom stereocenters. The lowest BCUT2D eigenvalue weighted by atomic mass is 9.63.